The summed E-state index contributed by atoms with van der Waals surface area (Å²) in [6, 6.07) is 14.1. The molecule has 9 heteroatoms. The SMILES string of the molecule is Cc1ccc(/C=C\C(=O)NC(=S)Nc2ccc(S(=O)(=O)N3CCN(C)CC3)cc2)cc1. The molecule has 0 unspecified atom stereocenters. The van der Waals surface area contributed by atoms with Crippen molar-refractivity contribution >= 4 is 45.0 Å². The summed E-state index contributed by atoms with van der Waals surface area (Å²) >= 11 is 5.17. The van der Waals surface area contributed by atoms with Gasteiger partial charge in [-0.25, -0.2) is 8.42 Å². The first-order valence-corrected chi connectivity index (χ1v) is 11.7. The molecule has 0 bridgehead atoms. The molecule has 1 amide bonds. The lowest BCUT2D eigenvalue weighted by atomic mass is 10.1. The molecule has 1 heterocycles. The van der Waals surface area contributed by atoms with Crippen LogP contribution < -0.4 is 10.6 Å². The average Bonchev–Trinajstić information content (AvgIpc) is 2.74. The molecule has 31 heavy (non-hydrogen) atoms. The summed E-state index contributed by atoms with van der Waals surface area (Å²) in [7, 11) is -1.54. The molecule has 2 aromatic rings. The lowest BCUT2D eigenvalue weighted by Crippen LogP contribution is -2.46. The third-order valence-electron chi connectivity index (χ3n) is 4.95. The number of benzene rings is 2. The Labute approximate surface area is 188 Å². The molecule has 164 valence electrons. The van der Waals surface area contributed by atoms with Crippen molar-refractivity contribution in [3.05, 3.63) is 65.7 Å². The van der Waals surface area contributed by atoms with Crippen molar-refractivity contribution in [3.63, 3.8) is 0 Å². The number of carbonyl (C=O) groups is 1. The summed E-state index contributed by atoms with van der Waals surface area (Å²) in [5.74, 6) is -0.354. The number of aryl methyl sites for hydroxylation is 1. The fraction of sp³-hybridized carbons (Fsp3) is 0.273. The number of carbonyl (C=O) groups excluding carboxylic acids is 1. The number of piperazine rings is 1. The van der Waals surface area contributed by atoms with Gasteiger partial charge in [-0.2, -0.15) is 4.31 Å². The first kappa shape index (κ1) is 23.1. The van der Waals surface area contributed by atoms with Crippen molar-refractivity contribution in [1.29, 1.82) is 0 Å². The molecular weight excluding hydrogens is 432 g/mol. The van der Waals surface area contributed by atoms with Gasteiger partial charge in [0.1, 0.15) is 0 Å². The summed E-state index contributed by atoms with van der Waals surface area (Å²) in [5.41, 5.74) is 2.65. The van der Waals surface area contributed by atoms with Gasteiger partial charge in [-0.15, -0.1) is 0 Å². The third kappa shape index (κ3) is 6.44. The Morgan fingerprint density at radius 2 is 1.61 bits per heavy atom. The minimum atomic E-state index is -3.52. The van der Waals surface area contributed by atoms with E-state index in [1.54, 1.807) is 18.2 Å². The second-order valence-electron chi connectivity index (χ2n) is 7.42. The van der Waals surface area contributed by atoms with E-state index in [1.807, 2.05) is 38.2 Å². The maximum Gasteiger partial charge on any atom is 0.250 e. The van der Waals surface area contributed by atoms with Crippen LogP contribution in [0.25, 0.3) is 6.08 Å². The van der Waals surface area contributed by atoms with E-state index in [-0.39, 0.29) is 15.9 Å². The Morgan fingerprint density at radius 1 is 1.00 bits per heavy atom. The monoisotopic (exact) mass is 458 g/mol. The smallest absolute Gasteiger partial charge is 0.250 e. The van der Waals surface area contributed by atoms with Crippen LogP contribution >= 0.6 is 12.2 Å². The van der Waals surface area contributed by atoms with Crippen molar-refractivity contribution in [2.45, 2.75) is 11.8 Å². The van der Waals surface area contributed by atoms with Crippen LogP contribution in [0.5, 0.6) is 0 Å². The second kappa shape index (κ2) is 10.1. The van der Waals surface area contributed by atoms with Crippen molar-refractivity contribution < 1.29 is 13.2 Å². The highest BCUT2D eigenvalue weighted by Gasteiger charge is 2.27. The van der Waals surface area contributed by atoms with Crippen LogP contribution in [0, 0.1) is 6.92 Å². The highest BCUT2D eigenvalue weighted by molar-refractivity contribution is 7.89. The molecule has 0 aliphatic carbocycles. The van der Waals surface area contributed by atoms with Gasteiger partial charge < -0.3 is 10.2 Å². The molecule has 7 nitrogen and oxygen atoms in total. The molecule has 0 atom stereocenters. The molecule has 0 spiro atoms. The zero-order chi connectivity index (χ0) is 22.4. The number of hydrogen-bond acceptors (Lipinski definition) is 5. The van der Waals surface area contributed by atoms with Crippen LogP contribution in [-0.4, -0.2) is 61.9 Å². The lowest BCUT2D eigenvalue weighted by molar-refractivity contribution is -0.115. The second-order valence-corrected chi connectivity index (χ2v) is 9.77. The predicted molar refractivity (Wildman–Crippen MR) is 127 cm³/mol. The first-order valence-electron chi connectivity index (χ1n) is 9.89. The van der Waals surface area contributed by atoms with Gasteiger partial charge in [-0.1, -0.05) is 29.8 Å². The van der Waals surface area contributed by atoms with Gasteiger partial charge in [0.25, 0.3) is 0 Å². The predicted octanol–water partition coefficient (Wildman–Crippen LogP) is 2.46. The van der Waals surface area contributed by atoms with Crippen molar-refractivity contribution in [2.24, 2.45) is 0 Å². The maximum atomic E-state index is 12.8. The molecule has 2 aromatic carbocycles. The number of anilines is 1. The molecule has 1 saturated heterocycles. The Balaban J connectivity index is 1.54. The maximum absolute atomic E-state index is 12.8. The van der Waals surface area contributed by atoms with E-state index < -0.39 is 10.0 Å². The highest BCUT2D eigenvalue weighted by atomic mass is 32.2. The molecule has 0 aromatic heterocycles. The number of rotatable bonds is 5. The summed E-state index contributed by atoms with van der Waals surface area (Å²) in [6.45, 7) is 4.38. The van der Waals surface area contributed by atoms with Crippen molar-refractivity contribution in [1.82, 2.24) is 14.5 Å². The van der Waals surface area contributed by atoms with E-state index in [1.165, 1.54) is 22.5 Å². The van der Waals surface area contributed by atoms with E-state index in [9.17, 15) is 13.2 Å². The van der Waals surface area contributed by atoms with Gasteiger partial charge in [0.05, 0.1) is 4.90 Å². The number of thiocarbonyl (C=S) groups is 1. The Bertz CT molecular complexity index is 1060. The van der Waals surface area contributed by atoms with Crippen molar-refractivity contribution in [3.8, 4) is 0 Å². The van der Waals surface area contributed by atoms with Crippen LogP contribution in [0.1, 0.15) is 11.1 Å². The highest BCUT2D eigenvalue weighted by Crippen LogP contribution is 2.19. The molecule has 1 aliphatic heterocycles. The van der Waals surface area contributed by atoms with Gasteiger partial charge in [0.2, 0.25) is 15.9 Å². The van der Waals surface area contributed by atoms with Gasteiger partial charge in [0.15, 0.2) is 5.11 Å². The van der Waals surface area contributed by atoms with Gasteiger partial charge in [0, 0.05) is 37.9 Å². The summed E-state index contributed by atoms with van der Waals surface area (Å²) in [5, 5.41) is 5.60. The van der Waals surface area contributed by atoms with E-state index in [0.29, 0.717) is 31.9 Å². The van der Waals surface area contributed by atoms with Gasteiger partial charge >= 0.3 is 0 Å². The van der Waals surface area contributed by atoms with Crippen molar-refractivity contribution in [2.75, 3.05) is 38.5 Å². The molecule has 0 radical (unpaired) electrons. The Kier molecular flexibility index (Phi) is 7.55. The van der Waals surface area contributed by atoms with Crippen LogP contribution in [0.2, 0.25) is 0 Å². The molecule has 3 rings (SSSR count). The fourth-order valence-electron chi connectivity index (χ4n) is 3.05. The number of amides is 1. The lowest BCUT2D eigenvalue weighted by Gasteiger charge is -2.31. The summed E-state index contributed by atoms with van der Waals surface area (Å²) in [6.07, 6.45) is 3.11. The topological polar surface area (TPSA) is 81.8 Å². The van der Waals surface area contributed by atoms with Crippen LogP contribution in [0.3, 0.4) is 0 Å². The Hall–Kier alpha value is -2.59. The van der Waals surface area contributed by atoms with E-state index >= 15 is 0 Å². The van der Waals surface area contributed by atoms with E-state index in [0.717, 1.165) is 11.1 Å². The minimum absolute atomic E-state index is 0.133. The molecule has 0 saturated carbocycles. The zero-order valence-corrected chi connectivity index (χ0v) is 19.2. The number of likely N-dealkylation sites (N-methyl/N-ethyl adjacent to an activating group) is 1. The molecule has 1 aliphatic rings. The fourth-order valence-corrected chi connectivity index (χ4v) is 4.69. The first-order chi connectivity index (χ1) is 14.7. The van der Waals surface area contributed by atoms with Gasteiger partial charge in [-0.05, 0) is 62.1 Å². The molecule has 2 N–H and O–H groups in total. The number of nitrogens with one attached hydrogen (secondary N) is 2. The summed E-state index contributed by atoms with van der Waals surface area (Å²) in [4.78, 5) is 14.4. The van der Waals surface area contributed by atoms with Crippen LogP contribution in [0.4, 0.5) is 5.69 Å². The number of hydrogen-bond donors (Lipinski definition) is 2. The zero-order valence-electron chi connectivity index (χ0n) is 17.5. The molecular formula is C22H26N4O3S2. The van der Waals surface area contributed by atoms with Gasteiger partial charge in [-0.3, -0.25) is 10.1 Å². The Morgan fingerprint density at radius 3 is 2.23 bits per heavy atom. The standard InChI is InChI=1S/C22H26N4O3S2/c1-17-3-5-18(6-4-17)7-12-21(27)24-22(30)23-19-8-10-20(11-9-19)31(28,29)26-15-13-25(2)14-16-26/h3-12H,13-16H2,1-2H3,(H2,23,24,27,30)/b12-7-. The normalized spacial score (nSPS) is 15.7. The summed E-state index contributed by atoms with van der Waals surface area (Å²) < 4.78 is 27.1. The average molecular weight is 459 g/mol. The molecule has 1 fully saturated rings. The largest absolute Gasteiger partial charge is 0.332 e. The van der Waals surface area contributed by atoms with E-state index in [2.05, 4.69) is 15.5 Å². The van der Waals surface area contributed by atoms with E-state index in [4.69, 9.17) is 12.2 Å². The third-order valence-corrected chi connectivity index (χ3v) is 7.07. The van der Waals surface area contributed by atoms with Crippen LogP contribution in [0.15, 0.2) is 59.5 Å². The quantitative estimate of drug-likeness (QED) is 0.529. The number of nitrogens with zero attached hydrogens (tertiary/aromatic N) is 2. The minimum Gasteiger partial charge on any atom is -0.332 e. The number of sulfonamides is 1. The van der Waals surface area contributed by atoms with Crippen LogP contribution in [-0.2, 0) is 14.8 Å².